The molecule has 2 aromatic heterocycles. The van der Waals surface area contributed by atoms with Crippen LogP contribution < -0.4 is 4.74 Å². The van der Waals surface area contributed by atoms with E-state index < -0.39 is 17.6 Å². The van der Waals surface area contributed by atoms with Gasteiger partial charge in [-0.3, -0.25) is 14.6 Å². The summed E-state index contributed by atoms with van der Waals surface area (Å²) in [6, 6.07) is 20.3. The van der Waals surface area contributed by atoms with Crippen LogP contribution in [-0.2, 0) is 11.4 Å². The number of Topliss-reactive ketones (excluding diaryl/α,β-unsaturated/α-hetero) is 1. The van der Waals surface area contributed by atoms with E-state index in [-0.39, 0.29) is 40.7 Å². The second-order valence-electron chi connectivity index (χ2n) is 8.02. The Labute approximate surface area is 211 Å². The van der Waals surface area contributed by atoms with Crippen molar-refractivity contribution >= 4 is 34.4 Å². The Morgan fingerprint density at radius 3 is 2.53 bits per heavy atom. The van der Waals surface area contributed by atoms with Crippen LogP contribution in [0.25, 0.3) is 10.8 Å². The molecule has 0 fully saturated rings. The minimum atomic E-state index is -1.00. The van der Waals surface area contributed by atoms with E-state index in [0.29, 0.717) is 10.8 Å². The van der Waals surface area contributed by atoms with E-state index in [1.807, 2.05) is 36.4 Å². The highest BCUT2D eigenvalue weighted by Crippen LogP contribution is 2.37. The quantitative estimate of drug-likeness (QED) is 0.153. The summed E-state index contributed by atoms with van der Waals surface area (Å²) >= 11 is 6.42. The molecule has 5 rings (SSSR count). The summed E-state index contributed by atoms with van der Waals surface area (Å²) in [6.07, 6.45) is 4.77. The molecule has 6 nitrogen and oxygen atoms in total. The minimum Gasteiger partial charge on any atom is -0.486 e. The van der Waals surface area contributed by atoms with Crippen LogP contribution in [0.3, 0.4) is 0 Å². The molecule has 0 radical (unpaired) electrons. The van der Waals surface area contributed by atoms with Gasteiger partial charge in [0, 0.05) is 34.9 Å². The highest BCUT2D eigenvalue weighted by molar-refractivity contribution is 6.36. The molecule has 0 saturated carbocycles. The molecule has 0 amide bonds. The number of ketones is 1. The standard InChI is InChI=1S/C28H19ClFN3O3/c29-28-25(31-13-14-32-28)27(33-15-19-9-4-5-10-20(19)26(33)22(35)16-34)21-11-6-12-23(24(21)30)36-17-18-7-2-1-3-8-18/h1-16,27H,17H2. The number of halogens is 2. The molecule has 0 spiro atoms. The maximum absolute atomic E-state index is 16.0. The van der Waals surface area contributed by atoms with E-state index in [0.717, 1.165) is 5.56 Å². The average Bonchev–Trinajstić information content (AvgIpc) is 3.29. The average molecular weight is 500 g/mol. The topological polar surface area (TPSA) is 74.1 Å². The SMILES string of the molecule is O=CC(=O)c1c2ccccc2cn1C(c1cccc(OCc2ccccc2)c1F)c1nccnc1Cl. The monoisotopic (exact) mass is 499 g/mol. The fraction of sp³-hybridized carbons (Fsp3) is 0.0714. The van der Waals surface area contributed by atoms with Crippen molar-refractivity contribution in [2.75, 3.05) is 0 Å². The Balaban J connectivity index is 1.69. The molecule has 1 atom stereocenters. The van der Waals surface area contributed by atoms with Crippen LogP contribution in [0.15, 0.2) is 91.4 Å². The number of nitrogens with zero attached hydrogens (tertiary/aromatic N) is 3. The number of ether oxygens (including phenoxy) is 1. The highest BCUT2D eigenvalue weighted by atomic mass is 35.5. The summed E-state index contributed by atoms with van der Waals surface area (Å²) in [5.74, 6) is -1.36. The van der Waals surface area contributed by atoms with Gasteiger partial charge in [0.2, 0.25) is 5.78 Å². The van der Waals surface area contributed by atoms with Crippen LogP contribution >= 0.6 is 11.6 Å². The summed E-state index contributed by atoms with van der Waals surface area (Å²) in [6.45, 7) is 0.167. The zero-order chi connectivity index (χ0) is 25.1. The van der Waals surface area contributed by atoms with Gasteiger partial charge in [-0.15, -0.1) is 0 Å². The largest absolute Gasteiger partial charge is 0.486 e. The lowest BCUT2D eigenvalue weighted by Crippen LogP contribution is -2.20. The Morgan fingerprint density at radius 1 is 1.00 bits per heavy atom. The Hall–Kier alpha value is -4.36. The third-order valence-electron chi connectivity index (χ3n) is 5.83. The number of aromatic nitrogens is 3. The number of benzene rings is 3. The summed E-state index contributed by atoms with van der Waals surface area (Å²) < 4.78 is 23.3. The summed E-state index contributed by atoms with van der Waals surface area (Å²) in [5, 5.41) is 1.29. The van der Waals surface area contributed by atoms with Gasteiger partial charge in [0.15, 0.2) is 23.0 Å². The molecule has 2 heterocycles. The summed E-state index contributed by atoms with van der Waals surface area (Å²) in [5.41, 5.74) is 1.36. The lowest BCUT2D eigenvalue weighted by molar-refractivity contribution is -0.104. The van der Waals surface area contributed by atoms with Gasteiger partial charge >= 0.3 is 0 Å². The van der Waals surface area contributed by atoms with Crippen molar-refractivity contribution in [1.29, 1.82) is 0 Å². The van der Waals surface area contributed by atoms with Crippen molar-refractivity contribution in [2.45, 2.75) is 12.6 Å². The van der Waals surface area contributed by atoms with Crippen molar-refractivity contribution in [3.05, 3.63) is 125 Å². The lowest BCUT2D eigenvalue weighted by Gasteiger charge is -2.23. The van der Waals surface area contributed by atoms with Crippen LogP contribution in [-0.4, -0.2) is 26.6 Å². The molecular formula is C28H19ClFN3O3. The first-order valence-corrected chi connectivity index (χ1v) is 11.5. The third-order valence-corrected chi connectivity index (χ3v) is 6.13. The van der Waals surface area contributed by atoms with Crippen LogP contribution in [0, 0.1) is 5.82 Å². The van der Waals surface area contributed by atoms with Gasteiger partial charge in [-0.1, -0.05) is 78.3 Å². The Bertz CT molecular complexity index is 1570. The molecule has 0 aliphatic carbocycles. The second kappa shape index (κ2) is 10.1. The maximum Gasteiger partial charge on any atom is 0.242 e. The molecule has 3 aromatic carbocycles. The number of aldehydes is 1. The minimum absolute atomic E-state index is 0.0290. The van der Waals surface area contributed by atoms with E-state index in [1.165, 1.54) is 23.0 Å². The molecule has 0 N–H and O–H groups in total. The summed E-state index contributed by atoms with van der Waals surface area (Å²) in [7, 11) is 0. The third kappa shape index (κ3) is 4.36. The van der Waals surface area contributed by atoms with E-state index in [2.05, 4.69) is 9.97 Å². The van der Waals surface area contributed by atoms with Gasteiger partial charge in [-0.05, 0) is 11.6 Å². The molecule has 0 aliphatic heterocycles. The van der Waals surface area contributed by atoms with Crippen molar-refractivity contribution in [3.8, 4) is 5.75 Å². The molecular weight excluding hydrogens is 481 g/mol. The molecule has 0 bridgehead atoms. The van der Waals surface area contributed by atoms with Crippen molar-refractivity contribution in [1.82, 2.24) is 14.5 Å². The first kappa shape index (κ1) is 23.4. The van der Waals surface area contributed by atoms with Crippen molar-refractivity contribution < 1.29 is 18.7 Å². The molecule has 0 saturated heterocycles. The Morgan fingerprint density at radius 2 is 1.75 bits per heavy atom. The van der Waals surface area contributed by atoms with E-state index in [1.54, 1.807) is 36.5 Å². The van der Waals surface area contributed by atoms with Gasteiger partial charge in [0.05, 0.1) is 0 Å². The number of hydrogen-bond donors (Lipinski definition) is 0. The van der Waals surface area contributed by atoms with Gasteiger partial charge in [0.25, 0.3) is 0 Å². The van der Waals surface area contributed by atoms with E-state index in [9.17, 15) is 9.59 Å². The zero-order valence-corrected chi connectivity index (χ0v) is 19.6. The van der Waals surface area contributed by atoms with Crippen LogP contribution in [0.2, 0.25) is 5.15 Å². The fourth-order valence-corrected chi connectivity index (χ4v) is 4.44. The molecule has 8 heteroatoms. The lowest BCUT2D eigenvalue weighted by atomic mass is 10.0. The first-order chi connectivity index (χ1) is 17.6. The van der Waals surface area contributed by atoms with Gasteiger partial charge < -0.3 is 9.30 Å². The predicted molar refractivity (Wildman–Crippen MR) is 134 cm³/mol. The molecule has 1 unspecified atom stereocenters. The normalized spacial score (nSPS) is 11.8. The highest BCUT2D eigenvalue weighted by Gasteiger charge is 2.30. The smallest absolute Gasteiger partial charge is 0.242 e. The van der Waals surface area contributed by atoms with Crippen molar-refractivity contribution in [3.63, 3.8) is 0 Å². The van der Waals surface area contributed by atoms with Crippen LogP contribution in [0.1, 0.15) is 33.4 Å². The van der Waals surface area contributed by atoms with Gasteiger partial charge in [-0.2, -0.15) is 0 Å². The number of carbonyl (C=O) groups excluding carboxylic acids is 2. The number of fused-ring (bicyclic) bond motifs is 1. The second-order valence-corrected chi connectivity index (χ2v) is 8.38. The number of rotatable bonds is 8. The van der Waals surface area contributed by atoms with Gasteiger partial charge in [-0.25, -0.2) is 9.37 Å². The first-order valence-electron chi connectivity index (χ1n) is 11.1. The maximum atomic E-state index is 16.0. The fourth-order valence-electron chi connectivity index (χ4n) is 4.23. The molecule has 36 heavy (non-hydrogen) atoms. The molecule has 0 aliphatic rings. The van der Waals surface area contributed by atoms with Crippen molar-refractivity contribution in [2.24, 2.45) is 0 Å². The number of hydrogen-bond acceptors (Lipinski definition) is 5. The molecule has 178 valence electrons. The zero-order valence-electron chi connectivity index (χ0n) is 18.8. The summed E-state index contributed by atoms with van der Waals surface area (Å²) in [4.78, 5) is 32.9. The van der Waals surface area contributed by atoms with Crippen LogP contribution in [0.5, 0.6) is 5.75 Å². The van der Waals surface area contributed by atoms with E-state index >= 15 is 4.39 Å². The predicted octanol–water partition coefficient (Wildman–Crippen LogP) is 5.82. The van der Waals surface area contributed by atoms with Crippen LogP contribution in [0.4, 0.5) is 4.39 Å². The van der Waals surface area contributed by atoms with E-state index in [4.69, 9.17) is 16.3 Å². The Kier molecular flexibility index (Phi) is 6.56. The number of carbonyl (C=O) groups is 2. The molecule has 5 aromatic rings. The van der Waals surface area contributed by atoms with Gasteiger partial charge in [0.1, 0.15) is 24.0 Å².